The largest absolute Gasteiger partial charge is 0.324 e. The Morgan fingerprint density at radius 1 is 0.824 bits per heavy atom. The van der Waals surface area contributed by atoms with Crippen molar-refractivity contribution in [2.24, 2.45) is 0 Å². The average molecular weight is 464 g/mol. The number of aryl methyl sites for hydroxylation is 2. The van der Waals surface area contributed by atoms with E-state index in [-0.39, 0.29) is 23.6 Å². The Labute approximate surface area is 200 Å². The normalized spacial score (nSPS) is 15.3. The molecule has 1 N–H and O–H groups in total. The third kappa shape index (κ3) is 5.88. The molecule has 0 unspecified atom stereocenters. The molecular weight excluding hydrogens is 432 g/mol. The molecule has 1 saturated heterocycles. The first-order chi connectivity index (χ1) is 16.4. The number of carbonyl (C=O) groups is 1. The fraction of sp³-hybridized carbons (Fsp3) is 0.321. The molecule has 3 aromatic rings. The molecule has 1 heterocycles. The smallest absolute Gasteiger partial charge is 0.238 e. The van der Waals surface area contributed by atoms with Crippen molar-refractivity contribution in [3.63, 3.8) is 0 Å². The van der Waals surface area contributed by atoms with E-state index in [0.717, 1.165) is 60.5 Å². The van der Waals surface area contributed by atoms with Crippen molar-refractivity contribution in [1.82, 2.24) is 9.80 Å². The number of amides is 1. The maximum Gasteiger partial charge on any atom is 0.238 e. The Bertz CT molecular complexity index is 1050. The molecule has 0 saturated carbocycles. The van der Waals surface area contributed by atoms with E-state index in [9.17, 15) is 13.6 Å². The quantitative estimate of drug-likeness (QED) is 0.538. The van der Waals surface area contributed by atoms with Crippen molar-refractivity contribution in [3.8, 4) is 0 Å². The number of nitrogens with zero attached hydrogens (tertiary/aromatic N) is 2. The van der Waals surface area contributed by atoms with Gasteiger partial charge in [-0.3, -0.25) is 14.6 Å². The van der Waals surface area contributed by atoms with Crippen LogP contribution in [-0.2, 0) is 4.79 Å². The number of halogens is 2. The lowest BCUT2D eigenvalue weighted by atomic mass is 9.96. The molecule has 0 radical (unpaired) electrons. The zero-order chi connectivity index (χ0) is 24.1. The third-order valence-electron chi connectivity index (χ3n) is 6.47. The van der Waals surface area contributed by atoms with E-state index in [4.69, 9.17) is 0 Å². The number of hydrogen-bond donors (Lipinski definition) is 1. The van der Waals surface area contributed by atoms with Gasteiger partial charge in [-0.1, -0.05) is 42.5 Å². The van der Waals surface area contributed by atoms with Gasteiger partial charge in [-0.25, -0.2) is 8.78 Å². The van der Waals surface area contributed by atoms with Gasteiger partial charge in [-0.2, -0.15) is 0 Å². The van der Waals surface area contributed by atoms with Gasteiger partial charge in [-0.05, 0) is 73.3 Å². The van der Waals surface area contributed by atoms with E-state index in [2.05, 4.69) is 15.1 Å². The molecule has 1 aliphatic heterocycles. The maximum atomic E-state index is 13.6. The second kappa shape index (κ2) is 10.9. The third-order valence-corrected chi connectivity index (χ3v) is 6.47. The molecule has 1 amide bonds. The number of para-hydroxylation sites is 1. The van der Waals surface area contributed by atoms with Gasteiger partial charge in [0.1, 0.15) is 11.6 Å². The Morgan fingerprint density at radius 2 is 1.38 bits per heavy atom. The minimum Gasteiger partial charge on any atom is -0.324 e. The second-order valence-electron chi connectivity index (χ2n) is 8.99. The van der Waals surface area contributed by atoms with Gasteiger partial charge >= 0.3 is 0 Å². The highest BCUT2D eigenvalue weighted by Crippen LogP contribution is 2.30. The van der Waals surface area contributed by atoms with Crippen molar-refractivity contribution in [1.29, 1.82) is 0 Å². The second-order valence-corrected chi connectivity index (χ2v) is 8.99. The summed E-state index contributed by atoms with van der Waals surface area (Å²) in [6, 6.07) is 18.9. The highest BCUT2D eigenvalue weighted by Gasteiger charge is 2.26. The first-order valence-electron chi connectivity index (χ1n) is 11.7. The van der Waals surface area contributed by atoms with Gasteiger partial charge in [0.05, 0.1) is 12.6 Å². The van der Waals surface area contributed by atoms with E-state index in [1.54, 1.807) is 24.3 Å². The fourth-order valence-electron chi connectivity index (χ4n) is 4.71. The van der Waals surface area contributed by atoms with Crippen molar-refractivity contribution >= 4 is 11.6 Å². The van der Waals surface area contributed by atoms with Crippen molar-refractivity contribution < 1.29 is 13.6 Å². The predicted octanol–water partition coefficient (Wildman–Crippen LogP) is 5.32. The zero-order valence-corrected chi connectivity index (χ0v) is 19.7. The standard InChI is InChI=1S/C28H31F2N3O/c1-20-5-3-6-21(2)27(20)31-26(34)19-32-15-4-16-33(18-17-32)28(22-7-11-24(29)12-8-22)23-9-13-25(30)14-10-23/h3,5-14,28H,4,15-19H2,1-2H3,(H,31,34). The SMILES string of the molecule is Cc1cccc(C)c1NC(=O)CN1CCCN(C(c2ccc(F)cc2)c2ccc(F)cc2)CC1. The van der Waals surface area contributed by atoms with E-state index >= 15 is 0 Å². The summed E-state index contributed by atoms with van der Waals surface area (Å²) in [6.07, 6.45) is 0.898. The first kappa shape index (κ1) is 24.0. The summed E-state index contributed by atoms with van der Waals surface area (Å²) in [5, 5.41) is 3.08. The number of carbonyl (C=O) groups excluding carboxylic acids is 1. The van der Waals surface area contributed by atoms with Crippen LogP contribution in [0.5, 0.6) is 0 Å². The Hall–Kier alpha value is -3.09. The number of hydrogen-bond acceptors (Lipinski definition) is 3. The van der Waals surface area contributed by atoms with Crippen molar-refractivity contribution in [2.75, 3.05) is 38.0 Å². The van der Waals surface area contributed by atoms with Crippen LogP contribution in [-0.4, -0.2) is 48.4 Å². The maximum absolute atomic E-state index is 13.6. The summed E-state index contributed by atoms with van der Waals surface area (Å²) in [7, 11) is 0. The Morgan fingerprint density at radius 3 is 1.94 bits per heavy atom. The van der Waals surface area contributed by atoms with Gasteiger partial charge < -0.3 is 5.32 Å². The highest BCUT2D eigenvalue weighted by atomic mass is 19.1. The number of benzene rings is 3. The Balaban J connectivity index is 1.46. The van der Waals surface area contributed by atoms with Crippen LogP contribution in [0.15, 0.2) is 66.7 Å². The van der Waals surface area contributed by atoms with Crippen LogP contribution >= 0.6 is 0 Å². The molecule has 34 heavy (non-hydrogen) atoms. The van der Waals surface area contributed by atoms with E-state index < -0.39 is 0 Å². The van der Waals surface area contributed by atoms with Crippen LogP contribution in [0.1, 0.15) is 34.7 Å². The van der Waals surface area contributed by atoms with Crippen molar-refractivity contribution in [3.05, 3.63) is 101 Å². The van der Waals surface area contributed by atoms with Crippen LogP contribution in [0.2, 0.25) is 0 Å². The molecule has 178 valence electrons. The lowest BCUT2D eigenvalue weighted by Gasteiger charge is -2.31. The lowest BCUT2D eigenvalue weighted by Crippen LogP contribution is -2.37. The summed E-state index contributed by atoms with van der Waals surface area (Å²) >= 11 is 0. The fourth-order valence-corrected chi connectivity index (χ4v) is 4.71. The molecule has 0 bridgehead atoms. The van der Waals surface area contributed by atoms with Crippen LogP contribution in [0, 0.1) is 25.5 Å². The monoisotopic (exact) mass is 463 g/mol. The molecular formula is C28H31F2N3O. The van der Waals surface area contributed by atoms with E-state index in [1.807, 2.05) is 32.0 Å². The molecule has 1 aliphatic rings. The molecule has 4 nitrogen and oxygen atoms in total. The first-order valence-corrected chi connectivity index (χ1v) is 11.7. The summed E-state index contributed by atoms with van der Waals surface area (Å²) in [5.74, 6) is -0.573. The number of rotatable bonds is 6. The molecule has 6 heteroatoms. The summed E-state index contributed by atoms with van der Waals surface area (Å²) in [5.41, 5.74) is 4.92. The van der Waals surface area contributed by atoms with Gasteiger partial charge in [0, 0.05) is 25.3 Å². The molecule has 1 fully saturated rings. The zero-order valence-electron chi connectivity index (χ0n) is 19.7. The summed E-state index contributed by atoms with van der Waals surface area (Å²) in [6.45, 7) is 7.45. The van der Waals surface area contributed by atoms with E-state index in [1.165, 1.54) is 24.3 Å². The highest BCUT2D eigenvalue weighted by molar-refractivity contribution is 5.93. The Kier molecular flexibility index (Phi) is 7.70. The molecule has 4 rings (SSSR count). The van der Waals surface area contributed by atoms with Crippen LogP contribution in [0.4, 0.5) is 14.5 Å². The van der Waals surface area contributed by atoms with E-state index in [0.29, 0.717) is 6.54 Å². The van der Waals surface area contributed by atoms with Crippen LogP contribution in [0.25, 0.3) is 0 Å². The molecule has 0 spiro atoms. The molecule has 3 aromatic carbocycles. The number of anilines is 1. The average Bonchev–Trinajstić information content (AvgIpc) is 3.04. The predicted molar refractivity (Wildman–Crippen MR) is 132 cm³/mol. The minimum atomic E-state index is -0.279. The molecule has 0 atom stereocenters. The van der Waals surface area contributed by atoms with Gasteiger partial charge in [0.15, 0.2) is 0 Å². The number of nitrogens with one attached hydrogen (secondary N) is 1. The summed E-state index contributed by atoms with van der Waals surface area (Å²) in [4.78, 5) is 17.3. The van der Waals surface area contributed by atoms with Gasteiger partial charge in [-0.15, -0.1) is 0 Å². The molecule has 0 aromatic heterocycles. The minimum absolute atomic E-state index is 0.0144. The van der Waals surface area contributed by atoms with Gasteiger partial charge in [0.2, 0.25) is 5.91 Å². The van der Waals surface area contributed by atoms with Crippen LogP contribution < -0.4 is 5.32 Å². The van der Waals surface area contributed by atoms with Crippen molar-refractivity contribution in [2.45, 2.75) is 26.3 Å². The molecule has 0 aliphatic carbocycles. The topological polar surface area (TPSA) is 35.6 Å². The lowest BCUT2D eigenvalue weighted by molar-refractivity contribution is -0.117. The van der Waals surface area contributed by atoms with Gasteiger partial charge in [0.25, 0.3) is 0 Å². The van der Waals surface area contributed by atoms with Crippen LogP contribution in [0.3, 0.4) is 0 Å². The summed E-state index contributed by atoms with van der Waals surface area (Å²) < 4.78 is 27.2.